The van der Waals surface area contributed by atoms with E-state index in [0.717, 1.165) is 15.8 Å². The summed E-state index contributed by atoms with van der Waals surface area (Å²) in [5, 5.41) is 9.94. The summed E-state index contributed by atoms with van der Waals surface area (Å²) in [6, 6.07) is 9.96. The molecule has 2 aromatic rings. The second-order valence-electron chi connectivity index (χ2n) is 3.47. The molecule has 0 saturated heterocycles. The van der Waals surface area contributed by atoms with Crippen molar-refractivity contribution in [3.63, 3.8) is 0 Å². The summed E-state index contributed by atoms with van der Waals surface area (Å²) in [7, 11) is 0. The Hall–Kier alpha value is -1.93. The molecular weight excluding hydrogens is 232 g/mol. The normalized spacial score (nSPS) is 9.88. The Morgan fingerprint density at radius 2 is 2.06 bits per heavy atom. The number of anilines is 2. The van der Waals surface area contributed by atoms with Crippen LogP contribution in [0, 0.1) is 13.5 Å². The Kier molecular flexibility index (Phi) is 3.68. The molecule has 17 heavy (non-hydrogen) atoms. The highest BCUT2D eigenvalue weighted by Crippen LogP contribution is 2.27. The molecule has 5 heteroatoms. The fourth-order valence-corrected chi connectivity index (χ4v) is 2.22. The first-order valence-corrected chi connectivity index (χ1v) is 6.09. The number of hydrogen-bond donors (Lipinski definition) is 0. The van der Waals surface area contributed by atoms with Gasteiger partial charge in [-0.15, -0.1) is 10.2 Å². The van der Waals surface area contributed by atoms with Crippen molar-refractivity contribution < 1.29 is 0 Å². The van der Waals surface area contributed by atoms with Gasteiger partial charge >= 0.3 is 0 Å². The van der Waals surface area contributed by atoms with Crippen LogP contribution in [0.25, 0.3) is 4.85 Å². The van der Waals surface area contributed by atoms with Crippen LogP contribution in [0.2, 0.25) is 0 Å². The van der Waals surface area contributed by atoms with Crippen LogP contribution in [0.3, 0.4) is 0 Å². The van der Waals surface area contributed by atoms with Crippen LogP contribution < -0.4 is 4.90 Å². The maximum atomic E-state index is 6.89. The zero-order valence-corrected chi connectivity index (χ0v) is 10.3. The molecule has 0 fully saturated rings. The van der Waals surface area contributed by atoms with E-state index in [-0.39, 0.29) is 0 Å². The lowest BCUT2D eigenvalue weighted by atomic mass is 10.3. The lowest BCUT2D eigenvalue weighted by molar-refractivity contribution is 0.944. The Morgan fingerprint density at radius 1 is 1.29 bits per heavy atom. The number of aryl methyl sites for hydroxylation is 1. The van der Waals surface area contributed by atoms with Gasteiger partial charge in [0.15, 0.2) is 0 Å². The average Bonchev–Trinajstić information content (AvgIpc) is 2.78. The molecule has 4 nitrogen and oxygen atoms in total. The lowest BCUT2D eigenvalue weighted by Crippen LogP contribution is -2.19. The number of rotatable bonds is 4. The highest BCUT2D eigenvalue weighted by atomic mass is 32.1. The second kappa shape index (κ2) is 5.41. The molecule has 1 aromatic heterocycles. The van der Waals surface area contributed by atoms with Crippen molar-refractivity contribution in [2.24, 2.45) is 0 Å². The Morgan fingerprint density at radius 3 is 2.65 bits per heavy atom. The van der Waals surface area contributed by atoms with Crippen LogP contribution in [0.5, 0.6) is 0 Å². The quantitative estimate of drug-likeness (QED) is 0.775. The van der Waals surface area contributed by atoms with E-state index < -0.39 is 0 Å². The number of aromatic nitrogens is 2. The summed E-state index contributed by atoms with van der Waals surface area (Å²) in [6.07, 6.45) is 0. The molecule has 0 saturated carbocycles. The third kappa shape index (κ3) is 2.80. The van der Waals surface area contributed by atoms with E-state index in [2.05, 4.69) is 15.0 Å². The molecular formula is C12H12N4S. The van der Waals surface area contributed by atoms with E-state index in [9.17, 15) is 0 Å². The van der Waals surface area contributed by atoms with Gasteiger partial charge in [0, 0.05) is 5.69 Å². The minimum absolute atomic E-state index is 0.452. The van der Waals surface area contributed by atoms with Gasteiger partial charge in [-0.2, -0.15) is 0 Å². The van der Waals surface area contributed by atoms with Gasteiger partial charge in [-0.05, 0) is 19.1 Å². The van der Waals surface area contributed by atoms with Crippen molar-refractivity contribution in [1.29, 1.82) is 0 Å². The second-order valence-corrected chi connectivity index (χ2v) is 4.63. The molecule has 0 aliphatic rings. The van der Waals surface area contributed by atoms with E-state index in [0.29, 0.717) is 13.1 Å². The molecule has 1 aromatic carbocycles. The van der Waals surface area contributed by atoms with E-state index in [4.69, 9.17) is 6.57 Å². The van der Waals surface area contributed by atoms with Crippen LogP contribution >= 0.6 is 11.3 Å². The predicted octanol–water partition coefficient (Wildman–Crippen LogP) is 2.90. The molecule has 0 aliphatic carbocycles. The first-order valence-electron chi connectivity index (χ1n) is 5.27. The molecule has 2 rings (SSSR count). The minimum atomic E-state index is 0.452. The van der Waals surface area contributed by atoms with E-state index in [1.54, 1.807) is 11.3 Å². The van der Waals surface area contributed by atoms with Crippen molar-refractivity contribution in [3.05, 3.63) is 46.8 Å². The maximum absolute atomic E-state index is 6.89. The van der Waals surface area contributed by atoms with Crippen LogP contribution in [0.1, 0.15) is 5.01 Å². The van der Waals surface area contributed by atoms with Crippen molar-refractivity contribution in [2.45, 2.75) is 6.92 Å². The van der Waals surface area contributed by atoms with Gasteiger partial charge in [0.05, 0.1) is 6.54 Å². The summed E-state index contributed by atoms with van der Waals surface area (Å²) >= 11 is 1.54. The van der Waals surface area contributed by atoms with E-state index in [1.807, 2.05) is 42.2 Å². The summed E-state index contributed by atoms with van der Waals surface area (Å²) in [5.41, 5.74) is 1.05. The van der Waals surface area contributed by atoms with Crippen LogP contribution in [0.15, 0.2) is 30.3 Å². The molecule has 1 heterocycles. The highest BCUT2D eigenvalue weighted by Gasteiger charge is 2.14. The SMILES string of the molecule is [C-]#[N+]CCN(c1ccccc1)c1nnc(C)s1. The summed E-state index contributed by atoms with van der Waals surface area (Å²) in [4.78, 5) is 5.43. The van der Waals surface area contributed by atoms with Gasteiger partial charge in [0.25, 0.3) is 0 Å². The topological polar surface area (TPSA) is 33.4 Å². The van der Waals surface area contributed by atoms with Gasteiger partial charge in [0.1, 0.15) is 5.01 Å². The molecule has 86 valence electrons. The Bertz CT molecular complexity index is 515. The summed E-state index contributed by atoms with van der Waals surface area (Å²) < 4.78 is 0. The van der Waals surface area contributed by atoms with Crippen LogP contribution in [0.4, 0.5) is 10.8 Å². The maximum Gasteiger partial charge on any atom is 0.232 e. The number of benzene rings is 1. The third-order valence-electron chi connectivity index (χ3n) is 2.25. The first kappa shape index (κ1) is 11.6. The third-order valence-corrected chi connectivity index (χ3v) is 3.11. The first-order chi connectivity index (χ1) is 8.31. The molecule has 0 spiro atoms. The highest BCUT2D eigenvalue weighted by molar-refractivity contribution is 7.15. The molecule has 0 radical (unpaired) electrons. The number of hydrogen-bond acceptors (Lipinski definition) is 4. The van der Waals surface area contributed by atoms with Crippen LogP contribution in [-0.4, -0.2) is 23.3 Å². The predicted molar refractivity (Wildman–Crippen MR) is 69.6 cm³/mol. The monoisotopic (exact) mass is 244 g/mol. The lowest BCUT2D eigenvalue weighted by Gasteiger charge is -2.18. The fourth-order valence-electron chi connectivity index (χ4n) is 1.49. The van der Waals surface area contributed by atoms with Crippen LogP contribution in [-0.2, 0) is 0 Å². The van der Waals surface area contributed by atoms with Crippen molar-refractivity contribution in [1.82, 2.24) is 10.2 Å². The zero-order chi connectivity index (χ0) is 12.1. The zero-order valence-electron chi connectivity index (χ0n) is 9.50. The molecule has 0 unspecified atom stereocenters. The van der Waals surface area contributed by atoms with E-state index >= 15 is 0 Å². The van der Waals surface area contributed by atoms with Gasteiger partial charge in [0.2, 0.25) is 11.7 Å². The van der Waals surface area contributed by atoms with Crippen molar-refractivity contribution in [2.75, 3.05) is 18.0 Å². The number of nitrogens with zero attached hydrogens (tertiary/aromatic N) is 4. The van der Waals surface area contributed by atoms with Gasteiger partial charge in [-0.1, -0.05) is 29.5 Å². The average molecular weight is 244 g/mol. The minimum Gasteiger partial charge on any atom is -0.315 e. The number of para-hydroxylation sites is 1. The fraction of sp³-hybridized carbons (Fsp3) is 0.250. The van der Waals surface area contributed by atoms with E-state index in [1.165, 1.54) is 0 Å². The molecule has 0 atom stereocenters. The molecule has 0 bridgehead atoms. The van der Waals surface area contributed by atoms with Crippen molar-refractivity contribution in [3.8, 4) is 0 Å². The van der Waals surface area contributed by atoms with Gasteiger partial charge in [-0.3, -0.25) is 0 Å². The van der Waals surface area contributed by atoms with Gasteiger partial charge in [-0.25, -0.2) is 6.57 Å². The standard InChI is InChI=1S/C12H12N4S/c1-10-14-15-12(17-10)16(9-8-13-2)11-6-4-3-5-7-11/h3-7H,8-9H2,1H3. The Balaban J connectivity index is 2.29. The molecule has 0 amide bonds. The largest absolute Gasteiger partial charge is 0.315 e. The smallest absolute Gasteiger partial charge is 0.232 e. The molecule has 0 N–H and O–H groups in total. The Labute approximate surface area is 104 Å². The summed E-state index contributed by atoms with van der Waals surface area (Å²) in [5.74, 6) is 0. The van der Waals surface area contributed by atoms with Gasteiger partial charge < -0.3 is 9.74 Å². The van der Waals surface area contributed by atoms with Crippen molar-refractivity contribution >= 4 is 22.2 Å². The summed E-state index contributed by atoms with van der Waals surface area (Å²) in [6.45, 7) is 9.91. The molecule has 0 aliphatic heterocycles.